The summed E-state index contributed by atoms with van der Waals surface area (Å²) in [5.74, 6) is -0.437. The molecule has 3 aliphatic rings. The number of hydrogen-bond acceptors (Lipinski definition) is 9. The van der Waals surface area contributed by atoms with Crippen LogP contribution >= 0.6 is 0 Å². The number of benzene rings is 3. The van der Waals surface area contributed by atoms with Gasteiger partial charge in [-0.2, -0.15) is 0 Å². The number of carbonyl (C=O) groups excluding carboxylic acids is 2. The third-order valence-electron chi connectivity index (χ3n) is 10.1. The van der Waals surface area contributed by atoms with Gasteiger partial charge in [0.15, 0.2) is 5.60 Å². The van der Waals surface area contributed by atoms with Crippen LogP contribution in [0.1, 0.15) is 60.0 Å². The van der Waals surface area contributed by atoms with Crippen molar-refractivity contribution in [2.75, 3.05) is 13.2 Å². The van der Waals surface area contributed by atoms with Crippen molar-refractivity contribution in [3.63, 3.8) is 0 Å². The van der Waals surface area contributed by atoms with E-state index in [-0.39, 0.29) is 54.9 Å². The first-order chi connectivity index (χ1) is 23.8. The molecule has 0 spiro atoms. The fourth-order valence-electron chi connectivity index (χ4n) is 7.54. The number of nitrogens with zero attached hydrogens (tertiary/aromatic N) is 3. The molecule has 2 aromatic heterocycles. The molecule has 1 N–H and O–H groups in total. The van der Waals surface area contributed by atoms with Crippen LogP contribution in [0.2, 0.25) is 0 Å². The maximum Gasteiger partial charge on any atom is 0.513 e. The maximum absolute atomic E-state index is 13.5. The molecule has 0 bridgehead atoms. The lowest BCUT2D eigenvalue weighted by Crippen LogP contribution is -2.44. The average molecular weight is 658 g/mol. The Labute approximate surface area is 282 Å². The molecule has 1 saturated heterocycles. The molecule has 1 unspecified atom stereocenters. The number of pyridine rings is 2. The monoisotopic (exact) mass is 657 g/mol. The average Bonchev–Trinajstić information content (AvgIpc) is 3.73. The van der Waals surface area contributed by atoms with Gasteiger partial charge in [-0.05, 0) is 67.3 Å². The quantitative estimate of drug-likeness (QED) is 0.167. The lowest BCUT2D eigenvalue weighted by Gasteiger charge is -2.33. The van der Waals surface area contributed by atoms with Crippen molar-refractivity contribution in [1.29, 1.82) is 0 Å². The van der Waals surface area contributed by atoms with Crippen LogP contribution in [0, 0.1) is 0 Å². The van der Waals surface area contributed by atoms with Crippen molar-refractivity contribution >= 4 is 23.0 Å². The van der Waals surface area contributed by atoms with Crippen molar-refractivity contribution < 1.29 is 28.9 Å². The van der Waals surface area contributed by atoms with Crippen molar-refractivity contribution in [3.05, 3.63) is 129 Å². The van der Waals surface area contributed by atoms with E-state index in [1.807, 2.05) is 42.5 Å². The van der Waals surface area contributed by atoms with Gasteiger partial charge in [0.1, 0.15) is 19.0 Å². The fraction of sp³-hybridized carbons (Fsp3) is 0.282. The van der Waals surface area contributed by atoms with E-state index in [0.717, 1.165) is 30.3 Å². The van der Waals surface area contributed by atoms with Gasteiger partial charge in [-0.3, -0.25) is 9.69 Å². The number of cyclic esters (lactones) is 1. The molecule has 0 amide bonds. The molecule has 1 fully saturated rings. The van der Waals surface area contributed by atoms with Crippen molar-refractivity contribution in [2.24, 2.45) is 0 Å². The van der Waals surface area contributed by atoms with Crippen LogP contribution in [-0.4, -0.2) is 50.9 Å². The van der Waals surface area contributed by atoms with Gasteiger partial charge in [0, 0.05) is 22.6 Å². The Morgan fingerprint density at radius 3 is 2.47 bits per heavy atom. The second-order valence-electron chi connectivity index (χ2n) is 12.9. The predicted molar refractivity (Wildman–Crippen MR) is 181 cm³/mol. The Balaban J connectivity index is 0.992. The number of carbonyl (C=O) groups is 2. The van der Waals surface area contributed by atoms with Crippen LogP contribution in [0.5, 0.6) is 5.75 Å². The number of likely N-dealkylation sites (tertiary alicyclic amines) is 1. The standard InChI is InChI=1S/C39H35N3O7/c1-2-39(46)31-20-33-34-27(21-42(33)36(43)30(31)23-47-37(39)44)18-26-19-29(15-16-32(26)40-34)49-38(45)48-22-28-14-9-17-41(28)35(24-10-5-3-6-11-24)25-12-7-4-8-13-25/h3-8,10-13,15-16,18-20,28,35,46H,2,9,14,17,21-23H2,1H3/t28?,39-/m0/s1. The molecule has 0 radical (unpaired) electrons. The Bertz CT molecular complexity index is 2110. The second kappa shape index (κ2) is 12.3. The SMILES string of the molecule is CC[C@@]1(O)C(=O)OCc2c1cc1n(c2=O)Cc2cc3cc(OC(=O)OCC4CCCN4C(c4ccccc4)c4ccccc4)ccc3nc2-1. The summed E-state index contributed by atoms with van der Waals surface area (Å²) in [6.45, 7) is 2.86. The topological polar surface area (TPSA) is 120 Å². The number of fused-ring (bicyclic) bond motifs is 5. The van der Waals surface area contributed by atoms with E-state index in [0.29, 0.717) is 22.7 Å². The highest BCUT2D eigenvalue weighted by molar-refractivity contribution is 5.87. The molecule has 10 nitrogen and oxygen atoms in total. The molecular formula is C39H35N3O7. The van der Waals surface area contributed by atoms with Gasteiger partial charge in [-0.15, -0.1) is 0 Å². The summed E-state index contributed by atoms with van der Waals surface area (Å²) >= 11 is 0. The molecular weight excluding hydrogens is 622 g/mol. The first kappa shape index (κ1) is 31.0. The third kappa shape index (κ3) is 5.37. The smallest absolute Gasteiger partial charge is 0.458 e. The lowest BCUT2D eigenvalue weighted by molar-refractivity contribution is -0.172. The van der Waals surface area contributed by atoms with E-state index in [2.05, 4.69) is 29.2 Å². The third-order valence-corrected chi connectivity index (χ3v) is 10.1. The molecule has 49 heavy (non-hydrogen) atoms. The normalized spacial score (nSPS) is 19.7. The lowest BCUT2D eigenvalue weighted by atomic mass is 9.86. The van der Waals surface area contributed by atoms with E-state index < -0.39 is 17.7 Å². The number of esters is 1. The minimum atomic E-state index is -1.88. The minimum absolute atomic E-state index is 0.0371. The van der Waals surface area contributed by atoms with E-state index in [1.54, 1.807) is 35.8 Å². The summed E-state index contributed by atoms with van der Waals surface area (Å²) in [6.07, 6.45) is 1.21. The van der Waals surface area contributed by atoms with Crippen molar-refractivity contribution in [2.45, 2.75) is 57.0 Å². The molecule has 3 aliphatic heterocycles. The minimum Gasteiger partial charge on any atom is -0.458 e. The van der Waals surface area contributed by atoms with Crippen LogP contribution in [0.15, 0.2) is 95.8 Å². The number of ether oxygens (including phenoxy) is 3. The highest BCUT2D eigenvalue weighted by Gasteiger charge is 2.45. The zero-order valence-corrected chi connectivity index (χ0v) is 27.0. The fourth-order valence-corrected chi connectivity index (χ4v) is 7.54. The van der Waals surface area contributed by atoms with E-state index >= 15 is 0 Å². The van der Waals surface area contributed by atoms with Crippen LogP contribution < -0.4 is 10.3 Å². The zero-order chi connectivity index (χ0) is 33.7. The van der Waals surface area contributed by atoms with Gasteiger partial charge < -0.3 is 23.9 Å². The Morgan fingerprint density at radius 2 is 1.76 bits per heavy atom. The maximum atomic E-state index is 13.5. The number of hydrogen-bond donors (Lipinski definition) is 1. The summed E-state index contributed by atoms with van der Waals surface area (Å²) < 4.78 is 18.1. The molecule has 5 aromatic rings. The Hall–Kier alpha value is -5.32. The van der Waals surface area contributed by atoms with E-state index in [1.165, 1.54) is 11.1 Å². The first-order valence-corrected chi connectivity index (χ1v) is 16.6. The van der Waals surface area contributed by atoms with Crippen LogP contribution in [0.3, 0.4) is 0 Å². The van der Waals surface area contributed by atoms with Gasteiger partial charge in [0.05, 0.1) is 35.1 Å². The summed E-state index contributed by atoms with van der Waals surface area (Å²) in [7, 11) is 0. The summed E-state index contributed by atoms with van der Waals surface area (Å²) in [4.78, 5) is 46.1. The predicted octanol–water partition coefficient (Wildman–Crippen LogP) is 5.85. The van der Waals surface area contributed by atoms with Crippen LogP contribution in [0.4, 0.5) is 4.79 Å². The second-order valence-corrected chi connectivity index (χ2v) is 12.9. The van der Waals surface area contributed by atoms with Gasteiger partial charge in [0.2, 0.25) is 0 Å². The molecule has 248 valence electrons. The van der Waals surface area contributed by atoms with Gasteiger partial charge in [-0.1, -0.05) is 67.6 Å². The highest BCUT2D eigenvalue weighted by atomic mass is 16.7. The molecule has 3 aromatic carbocycles. The Morgan fingerprint density at radius 1 is 1.02 bits per heavy atom. The van der Waals surface area contributed by atoms with Gasteiger partial charge in [0.25, 0.3) is 5.56 Å². The Kier molecular flexibility index (Phi) is 7.77. The number of rotatable bonds is 7. The number of aromatic nitrogens is 2. The summed E-state index contributed by atoms with van der Waals surface area (Å²) in [5, 5.41) is 11.8. The van der Waals surface area contributed by atoms with Crippen LogP contribution in [0.25, 0.3) is 22.3 Å². The van der Waals surface area contributed by atoms with Crippen LogP contribution in [-0.2, 0) is 33.0 Å². The zero-order valence-electron chi connectivity index (χ0n) is 27.0. The van der Waals surface area contributed by atoms with Gasteiger partial charge in [-0.25, -0.2) is 14.6 Å². The highest BCUT2D eigenvalue weighted by Crippen LogP contribution is 2.39. The van der Waals surface area contributed by atoms with Crippen molar-refractivity contribution in [3.8, 4) is 17.1 Å². The summed E-state index contributed by atoms with van der Waals surface area (Å²) in [6, 6.07) is 29.6. The van der Waals surface area contributed by atoms with Crippen molar-refractivity contribution in [1.82, 2.24) is 14.5 Å². The van der Waals surface area contributed by atoms with E-state index in [4.69, 9.17) is 19.2 Å². The molecule has 8 rings (SSSR count). The summed E-state index contributed by atoms with van der Waals surface area (Å²) in [5.41, 5.74) is 3.30. The first-order valence-electron chi connectivity index (χ1n) is 16.6. The van der Waals surface area contributed by atoms with Gasteiger partial charge >= 0.3 is 12.1 Å². The molecule has 2 atom stereocenters. The molecule has 0 saturated carbocycles. The largest absolute Gasteiger partial charge is 0.513 e. The molecule has 10 heteroatoms. The van der Waals surface area contributed by atoms with E-state index in [9.17, 15) is 19.5 Å². The molecule has 5 heterocycles. The number of aliphatic hydroxyl groups is 1. The molecule has 0 aliphatic carbocycles.